The predicted octanol–water partition coefficient (Wildman–Crippen LogP) is 1.13. The van der Waals surface area contributed by atoms with Crippen molar-refractivity contribution in [3.63, 3.8) is 0 Å². The highest BCUT2D eigenvalue weighted by Gasteiger charge is 2.20. The van der Waals surface area contributed by atoms with E-state index in [0.717, 1.165) is 0 Å². The summed E-state index contributed by atoms with van der Waals surface area (Å²) in [6.45, 7) is 5.73. The molecule has 0 aliphatic heterocycles. The van der Waals surface area contributed by atoms with Crippen LogP contribution in [-0.4, -0.2) is 14.5 Å². The fraction of sp³-hybridized carbons (Fsp3) is 0.364. The molecule has 84 valence electrons. The van der Waals surface area contributed by atoms with Gasteiger partial charge in [0.15, 0.2) is 5.65 Å². The van der Waals surface area contributed by atoms with Gasteiger partial charge in [-0.15, -0.1) is 0 Å². The monoisotopic (exact) mass is 218 g/mol. The summed E-state index contributed by atoms with van der Waals surface area (Å²) in [5, 5.41) is 0.492. The lowest BCUT2D eigenvalue weighted by Gasteiger charge is -2.23. The van der Waals surface area contributed by atoms with E-state index < -0.39 is 5.54 Å². The molecule has 2 rings (SSSR count). The van der Waals surface area contributed by atoms with Crippen molar-refractivity contribution < 1.29 is 0 Å². The lowest BCUT2D eigenvalue weighted by molar-refractivity contribution is 0.389. The number of nitrogen functional groups attached to an aromatic ring is 1. The van der Waals surface area contributed by atoms with Crippen LogP contribution in [0.4, 0.5) is 5.95 Å². The van der Waals surface area contributed by atoms with E-state index in [1.54, 1.807) is 18.3 Å². The number of aromatic nitrogens is 3. The van der Waals surface area contributed by atoms with Crippen LogP contribution in [-0.2, 0) is 5.54 Å². The molecule has 2 N–H and O–H groups in total. The minimum Gasteiger partial charge on any atom is -0.369 e. The number of hydrogen-bond acceptors (Lipinski definition) is 4. The lowest BCUT2D eigenvalue weighted by Crippen LogP contribution is -2.36. The zero-order chi connectivity index (χ0) is 11.9. The Morgan fingerprint density at radius 1 is 1.38 bits per heavy atom. The second-order valence-corrected chi connectivity index (χ2v) is 4.66. The van der Waals surface area contributed by atoms with E-state index in [-0.39, 0.29) is 11.5 Å². The van der Waals surface area contributed by atoms with E-state index in [1.165, 1.54) is 4.57 Å². The fourth-order valence-corrected chi connectivity index (χ4v) is 1.68. The van der Waals surface area contributed by atoms with E-state index in [2.05, 4.69) is 9.97 Å². The average molecular weight is 218 g/mol. The molecule has 0 bridgehead atoms. The van der Waals surface area contributed by atoms with E-state index in [4.69, 9.17) is 5.73 Å². The first-order chi connectivity index (χ1) is 7.41. The number of pyridine rings is 1. The minimum atomic E-state index is -0.391. The number of nitrogens with zero attached hydrogens (tertiary/aromatic N) is 3. The number of fused-ring (bicyclic) bond motifs is 1. The number of nitrogens with two attached hydrogens (primary N) is 1. The van der Waals surface area contributed by atoms with Gasteiger partial charge in [-0.25, -0.2) is 4.98 Å². The van der Waals surface area contributed by atoms with Gasteiger partial charge in [0.05, 0.1) is 5.39 Å². The van der Waals surface area contributed by atoms with E-state index in [1.807, 2.05) is 20.8 Å². The third-order valence-corrected chi connectivity index (χ3v) is 2.34. The van der Waals surface area contributed by atoms with Crippen LogP contribution in [0.1, 0.15) is 20.8 Å². The molecule has 0 aliphatic carbocycles. The Morgan fingerprint density at radius 2 is 2.06 bits per heavy atom. The van der Waals surface area contributed by atoms with Crippen molar-refractivity contribution in [1.29, 1.82) is 0 Å². The summed E-state index contributed by atoms with van der Waals surface area (Å²) in [5.41, 5.74) is 5.64. The molecular weight excluding hydrogens is 204 g/mol. The van der Waals surface area contributed by atoms with Crippen LogP contribution in [0.2, 0.25) is 0 Å². The minimum absolute atomic E-state index is 0.150. The molecule has 0 spiro atoms. The van der Waals surface area contributed by atoms with Gasteiger partial charge < -0.3 is 5.73 Å². The summed E-state index contributed by atoms with van der Waals surface area (Å²) in [5.74, 6) is 0.198. The van der Waals surface area contributed by atoms with Crippen molar-refractivity contribution in [2.45, 2.75) is 26.3 Å². The van der Waals surface area contributed by atoms with Crippen LogP contribution >= 0.6 is 0 Å². The Kier molecular flexibility index (Phi) is 2.18. The number of hydrogen-bond donors (Lipinski definition) is 1. The topological polar surface area (TPSA) is 73.8 Å². The lowest BCUT2D eigenvalue weighted by atomic mass is 10.1. The van der Waals surface area contributed by atoms with Gasteiger partial charge in [0.25, 0.3) is 5.56 Å². The van der Waals surface area contributed by atoms with E-state index in [9.17, 15) is 4.79 Å². The largest absolute Gasteiger partial charge is 0.369 e. The molecule has 2 heterocycles. The summed E-state index contributed by atoms with van der Waals surface area (Å²) in [6.07, 6.45) is 1.59. The van der Waals surface area contributed by atoms with Crippen LogP contribution in [0.3, 0.4) is 0 Å². The summed E-state index contributed by atoms with van der Waals surface area (Å²) in [7, 11) is 0. The second kappa shape index (κ2) is 3.30. The average Bonchev–Trinajstić information content (AvgIpc) is 2.15. The van der Waals surface area contributed by atoms with Crippen molar-refractivity contribution in [2.75, 3.05) is 5.73 Å². The van der Waals surface area contributed by atoms with Crippen LogP contribution in [0.5, 0.6) is 0 Å². The maximum absolute atomic E-state index is 12.2. The molecule has 2 aromatic heterocycles. The molecule has 0 amide bonds. The van der Waals surface area contributed by atoms with Gasteiger partial charge in [-0.05, 0) is 32.9 Å². The summed E-state index contributed by atoms with van der Waals surface area (Å²) in [4.78, 5) is 20.4. The van der Waals surface area contributed by atoms with Gasteiger partial charge in [0.2, 0.25) is 5.95 Å². The molecule has 0 unspecified atom stereocenters. The van der Waals surface area contributed by atoms with Gasteiger partial charge in [-0.1, -0.05) is 0 Å². The summed E-state index contributed by atoms with van der Waals surface area (Å²) < 4.78 is 1.48. The molecule has 0 atom stereocenters. The third-order valence-electron chi connectivity index (χ3n) is 2.34. The zero-order valence-electron chi connectivity index (χ0n) is 9.56. The van der Waals surface area contributed by atoms with Crippen LogP contribution in [0, 0.1) is 0 Å². The smallest absolute Gasteiger partial charge is 0.264 e. The highest BCUT2D eigenvalue weighted by atomic mass is 16.1. The maximum atomic E-state index is 12.2. The Bertz CT molecular complexity index is 595. The Morgan fingerprint density at radius 3 is 2.69 bits per heavy atom. The van der Waals surface area contributed by atoms with E-state index >= 15 is 0 Å². The van der Waals surface area contributed by atoms with Gasteiger partial charge >= 0.3 is 0 Å². The van der Waals surface area contributed by atoms with Gasteiger partial charge in [-0.3, -0.25) is 9.36 Å². The zero-order valence-corrected chi connectivity index (χ0v) is 9.56. The van der Waals surface area contributed by atoms with Crippen molar-refractivity contribution in [1.82, 2.24) is 14.5 Å². The first-order valence-corrected chi connectivity index (χ1v) is 5.05. The molecule has 0 fully saturated rings. The SMILES string of the molecule is CC(C)(C)n1c(N)nc2ncccc2c1=O. The first kappa shape index (κ1) is 10.6. The molecule has 5 heteroatoms. The van der Waals surface area contributed by atoms with E-state index in [0.29, 0.717) is 11.0 Å². The first-order valence-electron chi connectivity index (χ1n) is 5.05. The highest BCUT2D eigenvalue weighted by Crippen LogP contribution is 2.16. The van der Waals surface area contributed by atoms with Gasteiger partial charge in [0.1, 0.15) is 0 Å². The quantitative estimate of drug-likeness (QED) is 0.719. The summed E-state index contributed by atoms with van der Waals surface area (Å²) in [6, 6.07) is 3.42. The Balaban J connectivity index is 2.92. The second-order valence-electron chi connectivity index (χ2n) is 4.66. The van der Waals surface area contributed by atoms with Crippen LogP contribution < -0.4 is 11.3 Å². The fourth-order valence-electron chi connectivity index (χ4n) is 1.68. The van der Waals surface area contributed by atoms with Crippen LogP contribution in [0.15, 0.2) is 23.1 Å². The molecule has 0 saturated carbocycles. The molecule has 0 saturated heterocycles. The van der Waals surface area contributed by atoms with Gasteiger partial charge in [-0.2, -0.15) is 4.98 Å². The normalized spacial score (nSPS) is 11.9. The molecule has 16 heavy (non-hydrogen) atoms. The molecule has 0 aliphatic rings. The van der Waals surface area contributed by atoms with Gasteiger partial charge in [0, 0.05) is 11.7 Å². The van der Waals surface area contributed by atoms with Crippen LogP contribution in [0.25, 0.3) is 11.0 Å². The molecule has 5 nitrogen and oxygen atoms in total. The number of anilines is 1. The molecule has 0 radical (unpaired) electrons. The predicted molar refractivity (Wildman–Crippen MR) is 63.2 cm³/mol. The van der Waals surface area contributed by atoms with Crippen molar-refractivity contribution in [2.24, 2.45) is 0 Å². The van der Waals surface area contributed by atoms with Crippen molar-refractivity contribution in [3.8, 4) is 0 Å². The standard InChI is InChI=1S/C11H14N4O/c1-11(2,3)15-9(16)7-5-4-6-13-8(7)14-10(15)12/h4-6H,1-3H3,(H2,12,13,14). The molecule has 2 aromatic rings. The van der Waals surface area contributed by atoms with Crippen molar-refractivity contribution >= 4 is 17.0 Å². The number of rotatable bonds is 0. The molecular formula is C11H14N4O. The van der Waals surface area contributed by atoms with Crippen molar-refractivity contribution in [3.05, 3.63) is 28.7 Å². The molecule has 0 aromatic carbocycles. The third kappa shape index (κ3) is 1.54. The Labute approximate surface area is 92.9 Å². The Hall–Kier alpha value is -1.91. The maximum Gasteiger partial charge on any atom is 0.264 e. The summed E-state index contributed by atoms with van der Waals surface area (Å²) >= 11 is 0. The highest BCUT2D eigenvalue weighted by molar-refractivity contribution is 5.74.